The topological polar surface area (TPSA) is 61.4 Å². The Morgan fingerprint density at radius 1 is 1.24 bits per heavy atom. The van der Waals surface area contributed by atoms with Crippen molar-refractivity contribution in [2.45, 2.75) is 32.6 Å². The largest absolute Gasteiger partial charge is 0.348 e. The van der Waals surface area contributed by atoms with Crippen LogP contribution in [0.2, 0.25) is 5.02 Å². The Morgan fingerprint density at radius 3 is 2.68 bits per heavy atom. The van der Waals surface area contributed by atoms with Crippen molar-refractivity contribution in [2.75, 3.05) is 31.5 Å². The van der Waals surface area contributed by atoms with E-state index in [4.69, 9.17) is 11.6 Å². The van der Waals surface area contributed by atoms with E-state index in [1.54, 1.807) is 0 Å². The number of hydrogen-bond acceptors (Lipinski definition) is 3. The average Bonchev–Trinajstić information content (AvgIpc) is 2.60. The van der Waals surface area contributed by atoms with E-state index in [9.17, 15) is 14.0 Å². The van der Waals surface area contributed by atoms with Crippen molar-refractivity contribution < 1.29 is 14.0 Å². The van der Waals surface area contributed by atoms with Crippen LogP contribution in [0.5, 0.6) is 0 Å². The Bertz CT molecular complexity index is 604. The van der Waals surface area contributed by atoms with E-state index in [1.807, 2.05) is 0 Å². The molecule has 2 amide bonds. The molecule has 25 heavy (non-hydrogen) atoms. The lowest BCUT2D eigenvalue weighted by molar-refractivity contribution is -0.136. The minimum absolute atomic E-state index is 0.105. The van der Waals surface area contributed by atoms with E-state index in [2.05, 4.69) is 22.5 Å². The van der Waals surface area contributed by atoms with Crippen LogP contribution in [0.3, 0.4) is 0 Å². The van der Waals surface area contributed by atoms with Crippen LogP contribution in [0.4, 0.5) is 10.1 Å². The third kappa shape index (κ3) is 6.29. The molecular weight excluding hydrogens is 345 g/mol. The first-order valence-corrected chi connectivity index (χ1v) is 9.10. The van der Waals surface area contributed by atoms with Crippen LogP contribution in [0, 0.1) is 11.7 Å². The number of halogens is 2. The molecule has 1 heterocycles. The SMILES string of the molecule is CC1CCN(CCCCNC(=O)C(=O)Nc2cccc(Cl)c2F)CC1. The van der Waals surface area contributed by atoms with Gasteiger partial charge in [-0.15, -0.1) is 0 Å². The number of amides is 2. The van der Waals surface area contributed by atoms with Crippen molar-refractivity contribution in [3.8, 4) is 0 Å². The predicted octanol–water partition coefficient (Wildman–Crippen LogP) is 3.05. The van der Waals surface area contributed by atoms with Gasteiger partial charge in [0.15, 0.2) is 5.82 Å². The van der Waals surface area contributed by atoms with Gasteiger partial charge < -0.3 is 15.5 Å². The summed E-state index contributed by atoms with van der Waals surface area (Å²) in [5, 5.41) is 4.68. The van der Waals surface area contributed by atoms with E-state index in [1.165, 1.54) is 31.0 Å². The van der Waals surface area contributed by atoms with Crippen LogP contribution >= 0.6 is 11.6 Å². The highest BCUT2D eigenvalue weighted by Gasteiger charge is 2.17. The van der Waals surface area contributed by atoms with Crippen LogP contribution in [0.1, 0.15) is 32.6 Å². The fourth-order valence-electron chi connectivity index (χ4n) is 2.81. The lowest BCUT2D eigenvalue weighted by Crippen LogP contribution is -2.37. The third-order valence-corrected chi connectivity index (χ3v) is 4.76. The molecule has 2 rings (SSSR count). The second-order valence-corrected chi connectivity index (χ2v) is 6.95. The van der Waals surface area contributed by atoms with Crippen LogP contribution in [0.15, 0.2) is 18.2 Å². The third-order valence-electron chi connectivity index (χ3n) is 4.47. The van der Waals surface area contributed by atoms with E-state index in [0.717, 1.165) is 38.4 Å². The van der Waals surface area contributed by atoms with Gasteiger partial charge in [-0.25, -0.2) is 4.39 Å². The van der Waals surface area contributed by atoms with Crippen molar-refractivity contribution in [3.05, 3.63) is 29.0 Å². The van der Waals surface area contributed by atoms with Crippen molar-refractivity contribution in [1.82, 2.24) is 10.2 Å². The summed E-state index contributed by atoms with van der Waals surface area (Å²) < 4.78 is 13.7. The Hall–Kier alpha value is -1.66. The molecule has 1 fully saturated rings. The molecule has 1 aliphatic heterocycles. The van der Waals surface area contributed by atoms with E-state index in [0.29, 0.717) is 6.54 Å². The Balaban J connectivity index is 1.63. The fourth-order valence-corrected chi connectivity index (χ4v) is 2.98. The molecule has 0 spiro atoms. The molecule has 0 unspecified atom stereocenters. The summed E-state index contributed by atoms with van der Waals surface area (Å²) in [5.41, 5.74) is -0.105. The second kappa shape index (κ2) is 9.73. The van der Waals surface area contributed by atoms with Gasteiger partial charge in [-0.05, 0) is 63.4 Å². The highest BCUT2D eigenvalue weighted by molar-refractivity contribution is 6.39. The molecule has 1 aliphatic rings. The van der Waals surface area contributed by atoms with E-state index < -0.39 is 17.6 Å². The van der Waals surface area contributed by atoms with Gasteiger partial charge in [0.2, 0.25) is 0 Å². The number of carbonyl (C=O) groups excluding carboxylic acids is 2. The van der Waals surface area contributed by atoms with Crippen LogP contribution in [0.25, 0.3) is 0 Å². The van der Waals surface area contributed by atoms with Crippen LogP contribution < -0.4 is 10.6 Å². The summed E-state index contributed by atoms with van der Waals surface area (Å²) in [6, 6.07) is 4.22. The highest BCUT2D eigenvalue weighted by atomic mass is 35.5. The Labute approximate surface area is 152 Å². The number of piperidine rings is 1. The van der Waals surface area contributed by atoms with Gasteiger partial charge in [0.25, 0.3) is 0 Å². The number of nitrogens with zero attached hydrogens (tertiary/aromatic N) is 1. The summed E-state index contributed by atoms with van der Waals surface area (Å²) in [7, 11) is 0. The first kappa shape index (κ1) is 19.7. The standard InChI is InChI=1S/C18H25ClFN3O2/c1-13-7-11-23(12-8-13)10-3-2-9-21-17(24)18(25)22-15-6-4-5-14(19)16(15)20/h4-6,13H,2-3,7-12H2,1H3,(H,21,24)(H,22,25). The molecule has 0 saturated carbocycles. The summed E-state index contributed by atoms with van der Waals surface area (Å²) in [6.07, 6.45) is 4.27. The first-order valence-electron chi connectivity index (χ1n) is 8.73. The lowest BCUT2D eigenvalue weighted by Gasteiger charge is -2.30. The number of likely N-dealkylation sites (tertiary alicyclic amines) is 1. The fraction of sp³-hybridized carbons (Fsp3) is 0.556. The summed E-state index contributed by atoms with van der Waals surface area (Å²) in [4.78, 5) is 26.0. The van der Waals surface area contributed by atoms with Crippen LogP contribution in [-0.4, -0.2) is 42.9 Å². The van der Waals surface area contributed by atoms with Crippen molar-refractivity contribution in [1.29, 1.82) is 0 Å². The monoisotopic (exact) mass is 369 g/mol. The maximum Gasteiger partial charge on any atom is 0.313 e. The zero-order valence-corrected chi connectivity index (χ0v) is 15.2. The normalized spacial score (nSPS) is 15.8. The molecule has 0 aromatic heterocycles. The molecule has 1 aromatic rings. The molecule has 1 aromatic carbocycles. The highest BCUT2D eigenvalue weighted by Crippen LogP contribution is 2.21. The smallest absolute Gasteiger partial charge is 0.313 e. The van der Waals surface area contributed by atoms with Gasteiger partial charge in [0.1, 0.15) is 0 Å². The molecule has 0 radical (unpaired) electrons. The Morgan fingerprint density at radius 2 is 1.96 bits per heavy atom. The quantitative estimate of drug-likeness (QED) is 0.598. The molecule has 0 bridgehead atoms. The van der Waals surface area contributed by atoms with E-state index in [-0.39, 0.29) is 10.7 Å². The van der Waals surface area contributed by atoms with Crippen molar-refractivity contribution >= 4 is 29.1 Å². The lowest BCUT2D eigenvalue weighted by atomic mass is 9.99. The van der Waals surface area contributed by atoms with Gasteiger partial charge in [-0.1, -0.05) is 24.6 Å². The van der Waals surface area contributed by atoms with Gasteiger partial charge in [0.05, 0.1) is 10.7 Å². The number of hydrogen-bond donors (Lipinski definition) is 2. The molecule has 5 nitrogen and oxygen atoms in total. The molecular formula is C18H25ClFN3O2. The molecule has 7 heteroatoms. The molecule has 138 valence electrons. The van der Waals surface area contributed by atoms with Crippen molar-refractivity contribution in [2.24, 2.45) is 5.92 Å². The molecule has 2 N–H and O–H groups in total. The summed E-state index contributed by atoms with van der Waals surface area (Å²) in [5.74, 6) is -1.60. The van der Waals surface area contributed by atoms with E-state index >= 15 is 0 Å². The summed E-state index contributed by atoms with van der Waals surface area (Å²) in [6.45, 7) is 6.01. The zero-order valence-electron chi connectivity index (χ0n) is 14.5. The molecule has 0 atom stereocenters. The van der Waals surface area contributed by atoms with Gasteiger partial charge in [0, 0.05) is 6.54 Å². The zero-order chi connectivity index (χ0) is 18.2. The van der Waals surface area contributed by atoms with Crippen molar-refractivity contribution in [3.63, 3.8) is 0 Å². The number of unbranched alkanes of at least 4 members (excludes halogenated alkanes) is 1. The summed E-state index contributed by atoms with van der Waals surface area (Å²) >= 11 is 5.64. The number of benzene rings is 1. The number of carbonyl (C=O) groups is 2. The second-order valence-electron chi connectivity index (χ2n) is 6.54. The minimum atomic E-state index is -0.897. The van der Waals surface area contributed by atoms with Gasteiger partial charge >= 0.3 is 11.8 Å². The van der Waals surface area contributed by atoms with Gasteiger partial charge in [-0.3, -0.25) is 9.59 Å². The number of nitrogens with one attached hydrogen (secondary N) is 2. The maximum atomic E-state index is 13.7. The molecule has 1 saturated heterocycles. The first-order chi connectivity index (χ1) is 12.0. The van der Waals surface area contributed by atoms with Gasteiger partial charge in [-0.2, -0.15) is 0 Å². The Kier molecular flexibility index (Phi) is 7.65. The predicted molar refractivity (Wildman–Crippen MR) is 97.1 cm³/mol. The maximum absolute atomic E-state index is 13.7. The number of rotatable bonds is 6. The number of anilines is 1. The molecule has 0 aliphatic carbocycles. The average molecular weight is 370 g/mol. The van der Waals surface area contributed by atoms with Crippen LogP contribution in [-0.2, 0) is 9.59 Å². The minimum Gasteiger partial charge on any atom is -0.348 e.